The number of anilines is 1. The number of quaternary nitrogens is 2. The Morgan fingerprint density at radius 3 is 2.52 bits per heavy atom. The molecular weight excluding hydrogens is 318 g/mol. The van der Waals surface area contributed by atoms with E-state index in [-0.39, 0.29) is 12.3 Å². The number of carbonyl (C=O) groups excluding carboxylic acids is 2. The van der Waals surface area contributed by atoms with Gasteiger partial charge >= 0.3 is 0 Å². The number of piperazine rings is 1. The largest absolute Gasteiger partial charge is 0.544 e. The van der Waals surface area contributed by atoms with Crippen molar-refractivity contribution in [2.45, 2.75) is 19.4 Å². The van der Waals surface area contributed by atoms with Gasteiger partial charge in [-0.15, -0.1) is 0 Å². The summed E-state index contributed by atoms with van der Waals surface area (Å²) in [4.78, 5) is 25.9. The van der Waals surface area contributed by atoms with Crippen molar-refractivity contribution in [2.75, 3.05) is 38.5 Å². The van der Waals surface area contributed by atoms with Gasteiger partial charge in [-0.25, -0.2) is 0 Å². The highest BCUT2D eigenvalue weighted by atomic mass is 35.5. The fourth-order valence-corrected chi connectivity index (χ4v) is 2.99. The number of benzene rings is 1. The summed E-state index contributed by atoms with van der Waals surface area (Å²) in [5, 5.41) is 14.7. The van der Waals surface area contributed by atoms with Crippen LogP contribution in [0.4, 0.5) is 5.69 Å². The predicted octanol–water partition coefficient (Wildman–Crippen LogP) is -2.49. The molecule has 6 nitrogen and oxygen atoms in total. The third-order valence-electron chi connectivity index (χ3n) is 4.37. The van der Waals surface area contributed by atoms with Gasteiger partial charge in [-0.3, -0.25) is 4.79 Å². The summed E-state index contributed by atoms with van der Waals surface area (Å²) in [5.74, 6) is -1.51. The summed E-state index contributed by atoms with van der Waals surface area (Å²) in [5.41, 5.74) is 1.49. The van der Waals surface area contributed by atoms with Crippen molar-refractivity contribution in [3.05, 3.63) is 28.8 Å². The lowest BCUT2D eigenvalue weighted by molar-refractivity contribution is -1.01. The number of aliphatic carboxylic acids is 1. The summed E-state index contributed by atoms with van der Waals surface area (Å²) >= 11 is 6.03. The molecule has 0 saturated carbocycles. The number of halogens is 1. The highest BCUT2D eigenvalue weighted by Gasteiger charge is 2.30. The van der Waals surface area contributed by atoms with Gasteiger partial charge in [-0.05, 0) is 24.6 Å². The Kier molecular flexibility index (Phi) is 5.98. The minimum absolute atomic E-state index is 0.0950. The van der Waals surface area contributed by atoms with Crippen LogP contribution in [0.3, 0.4) is 0 Å². The molecule has 0 unspecified atom stereocenters. The molecule has 1 saturated heterocycles. The monoisotopic (exact) mass is 340 g/mol. The van der Waals surface area contributed by atoms with Gasteiger partial charge in [0.1, 0.15) is 32.2 Å². The molecule has 1 heterocycles. The van der Waals surface area contributed by atoms with Crippen LogP contribution in [0.1, 0.15) is 12.0 Å². The Labute approximate surface area is 141 Å². The number of carboxylic acid groups (broad SMARTS) is 1. The number of aryl methyl sites for hydroxylation is 1. The fourth-order valence-electron chi connectivity index (χ4n) is 2.81. The maximum absolute atomic E-state index is 12.2. The number of carbonyl (C=O) groups is 2. The smallest absolute Gasteiger partial charge is 0.230 e. The second kappa shape index (κ2) is 7.77. The van der Waals surface area contributed by atoms with Gasteiger partial charge in [0, 0.05) is 10.7 Å². The molecule has 23 heavy (non-hydrogen) atoms. The Morgan fingerprint density at radius 2 is 1.96 bits per heavy atom. The van der Waals surface area contributed by atoms with Crippen LogP contribution in [0.25, 0.3) is 0 Å². The average Bonchev–Trinajstić information content (AvgIpc) is 2.49. The van der Waals surface area contributed by atoms with Crippen LogP contribution in [0.15, 0.2) is 18.2 Å². The van der Waals surface area contributed by atoms with Gasteiger partial charge in [-0.2, -0.15) is 0 Å². The number of amides is 1. The topological polar surface area (TPSA) is 78.1 Å². The maximum atomic E-state index is 12.2. The number of rotatable bonds is 5. The highest BCUT2D eigenvalue weighted by Crippen LogP contribution is 2.20. The molecule has 0 bridgehead atoms. The number of nitrogens with one attached hydrogen (secondary N) is 3. The van der Waals surface area contributed by atoms with Crippen molar-refractivity contribution in [3.8, 4) is 0 Å². The van der Waals surface area contributed by atoms with Gasteiger partial charge in [0.05, 0.1) is 19.4 Å². The molecule has 1 aromatic rings. The number of likely N-dealkylation sites (N-methyl/N-ethyl adjacent to an activating group) is 1. The normalized spacial score (nSPS) is 22.4. The molecule has 0 aliphatic carbocycles. The zero-order valence-electron chi connectivity index (χ0n) is 13.4. The summed E-state index contributed by atoms with van der Waals surface area (Å²) < 4.78 is 0. The lowest BCUT2D eigenvalue weighted by Crippen LogP contribution is -3.29. The minimum Gasteiger partial charge on any atom is -0.544 e. The molecular formula is C16H23ClN3O3+. The van der Waals surface area contributed by atoms with Crippen LogP contribution >= 0.6 is 11.6 Å². The molecule has 126 valence electrons. The molecule has 3 N–H and O–H groups in total. The standard InChI is InChI=1S/C16H22ClN3O3/c1-11-3-4-12(9-13(11)17)18-15(21)10-14(16(22)23)20-7-5-19(2)6-8-20/h3-4,9,14H,5-8,10H2,1-2H3,(H,18,21)(H,22,23)/p+1/t14-/m1/s1. The Morgan fingerprint density at radius 1 is 1.30 bits per heavy atom. The first-order valence-electron chi connectivity index (χ1n) is 7.79. The van der Waals surface area contributed by atoms with Gasteiger partial charge in [-0.1, -0.05) is 17.7 Å². The molecule has 0 spiro atoms. The van der Waals surface area contributed by atoms with Gasteiger partial charge in [0.2, 0.25) is 5.91 Å². The number of hydrogen-bond acceptors (Lipinski definition) is 3. The van der Waals surface area contributed by atoms with E-state index in [4.69, 9.17) is 11.6 Å². The van der Waals surface area contributed by atoms with E-state index in [9.17, 15) is 14.7 Å². The first-order valence-corrected chi connectivity index (χ1v) is 8.17. The van der Waals surface area contributed by atoms with Gasteiger partial charge in [0.25, 0.3) is 0 Å². The van der Waals surface area contributed by atoms with Crippen LogP contribution < -0.4 is 20.2 Å². The molecule has 0 aromatic heterocycles. The van der Waals surface area contributed by atoms with Gasteiger partial charge < -0.3 is 25.0 Å². The summed E-state index contributed by atoms with van der Waals surface area (Å²) in [7, 11) is 2.08. The highest BCUT2D eigenvalue weighted by molar-refractivity contribution is 6.31. The van der Waals surface area contributed by atoms with Crippen molar-refractivity contribution < 1.29 is 24.5 Å². The molecule has 1 aliphatic heterocycles. The SMILES string of the molecule is Cc1ccc(NC(=O)C[C@H](C(=O)[O-])[NH+]2CC[NH+](C)CC2)cc1Cl. The van der Waals surface area contributed by atoms with E-state index in [0.29, 0.717) is 10.7 Å². The molecule has 1 aliphatic rings. The van der Waals surface area contributed by atoms with Crippen LogP contribution in [0.5, 0.6) is 0 Å². The Bertz CT molecular complexity index is 586. The van der Waals surface area contributed by atoms with Crippen molar-refractivity contribution >= 4 is 29.2 Å². The molecule has 2 rings (SSSR count). The van der Waals surface area contributed by atoms with Crippen molar-refractivity contribution in [1.29, 1.82) is 0 Å². The number of hydrogen-bond donors (Lipinski definition) is 3. The minimum atomic E-state index is -1.17. The molecule has 7 heteroatoms. The second-order valence-corrected chi connectivity index (χ2v) is 6.61. The van der Waals surface area contributed by atoms with Crippen LogP contribution in [0.2, 0.25) is 5.02 Å². The lowest BCUT2D eigenvalue weighted by Gasteiger charge is -2.33. The zero-order chi connectivity index (χ0) is 17.0. The van der Waals surface area contributed by atoms with Crippen molar-refractivity contribution in [1.82, 2.24) is 0 Å². The first-order chi connectivity index (χ1) is 10.9. The first kappa shape index (κ1) is 17.7. The zero-order valence-corrected chi connectivity index (χ0v) is 14.2. The van der Waals surface area contributed by atoms with Crippen LogP contribution in [-0.2, 0) is 9.59 Å². The van der Waals surface area contributed by atoms with E-state index in [0.717, 1.165) is 36.6 Å². The van der Waals surface area contributed by atoms with E-state index in [2.05, 4.69) is 12.4 Å². The van der Waals surface area contributed by atoms with Crippen LogP contribution in [-0.4, -0.2) is 51.1 Å². The molecule has 1 aromatic carbocycles. The number of carboxylic acids is 1. The summed E-state index contributed by atoms with van der Waals surface area (Å²) in [6.07, 6.45) is -0.0950. The molecule has 0 radical (unpaired) electrons. The summed E-state index contributed by atoms with van der Waals surface area (Å²) in [6.45, 7) is 5.13. The lowest BCUT2D eigenvalue weighted by atomic mass is 10.1. The third-order valence-corrected chi connectivity index (χ3v) is 4.78. The molecule has 1 amide bonds. The molecule has 1 atom stereocenters. The third kappa shape index (κ3) is 4.92. The Balaban J connectivity index is 1.97. The quantitative estimate of drug-likeness (QED) is 0.555. The molecule has 1 fully saturated rings. The Hall–Kier alpha value is -1.63. The van der Waals surface area contributed by atoms with E-state index >= 15 is 0 Å². The van der Waals surface area contributed by atoms with E-state index in [1.165, 1.54) is 4.90 Å². The van der Waals surface area contributed by atoms with E-state index in [1.54, 1.807) is 12.1 Å². The summed E-state index contributed by atoms with van der Waals surface area (Å²) in [6, 6.07) is 4.40. The van der Waals surface area contributed by atoms with Crippen molar-refractivity contribution in [3.63, 3.8) is 0 Å². The average molecular weight is 341 g/mol. The fraction of sp³-hybridized carbons (Fsp3) is 0.500. The van der Waals surface area contributed by atoms with E-state index < -0.39 is 12.0 Å². The van der Waals surface area contributed by atoms with Gasteiger partial charge in [0.15, 0.2) is 0 Å². The van der Waals surface area contributed by atoms with Crippen molar-refractivity contribution in [2.24, 2.45) is 0 Å². The predicted molar refractivity (Wildman–Crippen MR) is 85.5 cm³/mol. The van der Waals surface area contributed by atoms with Crippen LogP contribution in [0, 0.1) is 6.92 Å². The maximum Gasteiger partial charge on any atom is 0.230 e. The second-order valence-electron chi connectivity index (χ2n) is 6.20. The van der Waals surface area contributed by atoms with E-state index in [1.807, 2.05) is 13.0 Å².